The van der Waals surface area contributed by atoms with Crippen molar-refractivity contribution in [3.8, 4) is 0 Å². The van der Waals surface area contributed by atoms with Crippen LogP contribution >= 0.6 is 22.6 Å². The molecule has 0 aliphatic rings. The van der Waals surface area contributed by atoms with Crippen molar-refractivity contribution in [2.24, 2.45) is 16.5 Å². The molecule has 6 N–H and O–H groups in total. The first-order chi connectivity index (χ1) is 7.43. The van der Waals surface area contributed by atoms with Crippen molar-refractivity contribution in [3.05, 3.63) is 35.9 Å². The number of rotatable bonds is 2. The van der Waals surface area contributed by atoms with Gasteiger partial charge in [-0.25, -0.2) is 9.79 Å². The smallest absolute Gasteiger partial charge is 0.450 e. The highest BCUT2D eigenvalue weighted by atomic mass is 127. The van der Waals surface area contributed by atoms with Crippen LogP contribution in [0, 0.1) is 0 Å². The fourth-order valence-electron chi connectivity index (χ4n) is 0.817. The summed E-state index contributed by atoms with van der Waals surface area (Å²) in [6, 6.07) is 9.86. The maximum atomic E-state index is 8.56. The number of carboxylic acid groups (broad SMARTS) is 2. The number of hydrogen-bond acceptors (Lipinski definition) is 2. The monoisotopic (exact) mass is 337 g/mol. The SMILES string of the molecule is NC(N)=NC(I)c1ccccc1.O=C(O)O. The van der Waals surface area contributed by atoms with Crippen molar-refractivity contribution in [3.63, 3.8) is 0 Å². The molecule has 0 amide bonds. The number of hydrogen-bond donors (Lipinski definition) is 4. The van der Waals surface area contributed by atoms with Gasteiger partial charge in [0.1, 0.15) is 4.05 Å². The molecule has 1 aromatic rings. The van der Waals surface area contributed by atoms with Gasteiger partial charge in [-0.2, -0.15) is 0 Å². The minimum atomic E-state index is -1.83. The van der Waals surface area contributed by atoms with E-state index in [9.17, 15) is 0 Å². The van der Waals surface area contributed by atoms with E-state index in [0.29, 0.717) is 0 Å². The van der Waals surface area contributed by atoms with Gasteiger partial charge in [-0.15, -0.1) is 0 Å². The fourth-order valence-corrected chi connectivity index (χ4v) is 1.55. The Morgan fingerprint density at radius 3 is 2.06 bits per heavy atom. The van der Waals surface area contributed by atoms with E-state index in [-0.39, 0.29) is 10.0 Å². The number of nitrogens with two attached hydrogens (primary N) is 2. The van der Waals surface area contributed by atoms with Crippen LogP contribution in [0.15, 0.2) is 35.3 Å². The van der Waals surface area contributed by atoms with Gasteiger partial charge in [0, 0.05) is 0 Å². The summed E-state index contributed by atoms with van der Waals surface area (Å²) in [5, 5.41) is 13.9. The Morgan fingerprint density at radius 2 is 1.69 bits per heavy atom. The van der Waals surface area contributed by atoms with E-state index >= 15 is 0 Å². The van der Waals surface area contributed by atoms with E-state index in [2.05, 4.69) is 27.6 Å². The maximum Gasteiger partial charge on any atom is 0.503 e. The van der Waals surface area contributed by atoms with Crippen molar-refractivity contribution in [1.29, 1.82) is 0 Å². The van der Waals surface area contributed by atoms with Crippen molar-refractivity contribution in [1.82, 2.24) is 0 Å². The second-order valence-corrected chi connectivity index (χ2v) is 3.76. The lowest BCUT2D eigenvalue weighted by atomic mass is 10.2. The van der Waals surface area contributed by atoms with E-state index in [4.69, 9.17) is 26.5 Å². The summed E-state index contributed by atoms with van der Waals surface area (Å²) in [6.45, 7) is 0. The third-order valence-electron chi connectivity index (χ3n) is 1.34. The number of guanidine groups is 1. The first-order valence-electron chi connectivity index (χ1n) is 4.13. The van der Waals surface area contributed by atoms with E-state index in [0.717, 1.165) is 5.56 Å². The van der Waals surface area contributed by atoms with Crippen LogP contribution in [0.1, 0.15) is 9.61 Å². The molecule has 1 unspecified atom stereocenters. The molecule has 0 heterocycles. The number of aliphatic imine (C=N–C) groups is 1. The minimum absolute atomic E-state index is 0.00815. The standard InChI is InChI=1S/C8H10IN3.CH2O3/c9-7(12-8(10)11)6-4-2-1-3-5-6;2-1(3)4/h1-5,7H,(H4,10,11,12);(H2,2,3,4). The molecule has 0 saturated carbocycles. The van der Waals surface area contributed by atoms with Crippen LogP contribution in [0.2, 0.25) is 0 Å². The summed E-state index contributed by atoms with van der Waals surface area (Å²) in [4.78, 5) is 12.6. The summed E-state index contributed by atoms with van der Waals surface area (Å²) in [6.07, 6.45) is -1.83. The Balaban J connectivity index is 0.000000487. The highest BCUT2D eigenvalue weighted by molar-refractivity contribution is 14.1. The van der Waals surface area contributed by atoms with Crippen molar-refractivity contribution < 1.29 is 15.0 Å². The molecule has 0 aliphatic carbocycles. The topological polar surface area (TPSA) is 122 Å². The molecular weight excluding hydrogens is 325 g/mol. The van der Waals surface area contributed by atoms with Crippen LogP contribution < -0.4 is 11.5 Å². The Hall–Kier alpha value is -1.51. The van der Waals surface area contributed by atoms with Gasteiger partial charge in [0.25, 0.3) is 0 Å². The lowest BCUT2D eigenvalue weighted by molar-refractivity contribution is 0.137. The molecule has 1 aromatic carbocycles. The van der Waals surface area contributed by atoms with Gasteiger partial charge in [-0.05, 0) is 5.56 Å². The van der Waals surface area contributed by atoms with Crippen LogP contribution in [0.25, 0.3) is 0 Å². The highest BCUT2D eigenvalue weighted by Crippen LogP contribution is 2.23. The quantitative estimate of drug-likeness (QED) is 0.215. The zero-order valence-electron chi connectivity index (χ0n) is 8.25. The third-order valence-corrected chi connectivity index (χ3v) is 2.33. The van der Waals surface area contributed by atoms with Gasteiger partial charge in [-0.1, -0.05) is 52.9 Å². The zero-order chi connectivity index (χ0) is 12.6. The summed E-state index contributed by atoms with van der Waals surface area (Å²) in [7, 11) is 0. The van der Waals surface area contributed by atoms with Gasteiger partial charge in [-0.3, -0.25) is 0 Å². The molecule has 88 valence electrons. The molecule has 0 aliphatic heterocycles. The highest BCUT2D eigenvalue weighted by Gasteiger charge is 2.02. The van der Waals surface area contributed by atoms with Crippen LogP contribution in [0.4, 0.5) is 4.79 Å². The predicted octanol–water partition coefficient (Wildman–Crippen LogP) is 1.62. The zero-order valence-corrected chi connectivity index (χ0v) is 10.4. The second-order valence-electron chi connectivity index (χ2n) is 2.58. The second kappa shape index (κ2) is 7.74. The molecule has 0 saturated heterocycles. The molecule has 0 radical (unpaired) electrons. The first kappa shape index (κ1) is 14.5. The predicted molar refractivity (Wildman–Crippen MR) is 69.7 cm³/mol. The average molecular weight is 337 g/mol. The fraction of sp³-hybridized carbons (Fsp3) is 0.111. The van der Waals surface area contributed by atoms with Crippen LogP contribution in [0.3, 0.4) is 0 Å². The molecule has 1 rings (SSSR count). The Labute approximate surface area is 106 Å². The maximum absolute atomic E-state index is 8.56. The summed E-state index contributed by atoms with van der Waals surface area (Å²) in [5.74, 6) is 0.123. The van der Waals surface area contributed by atoms with Crippen LogP contribution in [-0.2, 0) is 0 Å². The normalized spacial score (nSPS) is 10.6. The summed E-state index contributed by atoms with van der Waals surface area (Å²) in [5.41, 5.74) is 11.6. The van der Waals surface area contributed by atoms with Gasteiger partial charge in [0.2, 0.25) is 0 Å². The van der Waals surface area contributed by atoms with E-state index in [1.165, 1.54) is 0 Å². The molecule has 0 aromatic heterocycles. The molecule has 7 heteroatoms. The molecule has 16 heavy (non-hydrogen) atoms. The van der Waals surface area contributed by atoms with Gasteiger partial charge in [0.05, 0.1) is 0 Å². The summed E-state index contributed by atoms with van der Waals surface area (Å²) >= 11 is 2.18. The molecular formula is C9H12IN3O3. The average Bonchev–Trinajstić information content (AvgIpc) is 2.17. The number of nitrogens with zero attached hydrogens (tertiary/aromatic N) is 1. The lowest BCUT2D eigenvalue weighted by Gasteiger charge is -2.03. The summed E-state index contributed by atoms with van der Waals surface area (Å²) < 4.78 is 0.00815. The van der Waals surface area contributed by atoms with Crippen molar-refractivity contribution in [2.75, 3.05) is 0 Å². The lowest BCUT2D eigenvalue weighted by Crippen LogP contribution is -2.23. The Bertz CT molecular complexity index is 348. The number of carbonyl (C=O) groups is 1. The largest absolute Gasteiger partial charge is 0.503 e. The Morgan fingerprint density at radius 1 is 1.25 bits per heavy atom. The minimum Gasteiger partial charge on any atom is -0.450 e. The van der Waals surface area contributed by atoms with Gasteiger partial charge < -0.3 is 21.7 Å². The Kier molecular flexibility index (Phi) is 7.01. The van der Waals surface area contributed by atoms with E-state index in [1.54, 1.807) is 0 Å². The molecule has 0 bridgehead atoms. The van der Waals surface area contributed by atoms with E-state index in [1.807, 2.05) is 30.3 Å². The third kappa shape index (κ3) is 7.85. The van der Waals surface area contributed by atoms with Gasteiger partial charge in [0.15, 0.2) is 5.96 Å². The number of halogens is 1. The molecule has 6 nitrogen and oxygen atoms in total. The van der Waals surface area contributed by atoms with Crippen LogP contribution in [0.5, 0.6) is 0 Å². The van der Waals surface area contributed by atoms with Gasteiger partial charge >= 0.3 is 6.16 Å². The van der Waals surface area contributed by atoms with Crippen LogP contribution in [-0.4, -0.2) is 22.3 Å². The number of benzene rings is 1. The number of alkyl halides is 1. The first-order valence-corrected chi connectivity index (χ1v) is 5.37. The van der Waals surface area contributed by atoms with E-state index < -0.39 is 6.16 Å². The molecule has 0 spiro atoms. The molecule has 0 fully saturated rings. The van der Waals surface area contributed by atoms with Crippen molar-refractivity contribution >= 4 is 34.7 Å². The van der Waals surface area contributed by atoms with Crippen molar-refractivity contribution in [2.45, 2.75) is 4.05 Å². The molecule has 1 atom stereocenters.